The van der Waals surface area contributed by atoms with Crippen LogP contribution in [0.1, 0.15) is 117 Å². The summed E-state index contributed by atoms with van der Waals surface area (Å²) in [5.41, 5.74) is 5.28. The van der Waals surface area contributed by atoms with Crippen LogP contribution in [0.2, 0.25) is 0 Å². The minimum Gasteiger partial charge on any atom is -0.462 e. The van der Waals surface area contributed by atoms with E-state index >= 15 is 0 Å². The highest BCUT2D eigenvalue weighted by Crippen LogP contribution is 2.43. The Balaban J connectivity index is 4.39. The Kier molecular flexibility index (Phi) is 24.2. The largest absolute Gasteiger partial charge is 0.472 e. The van der Waals surface area contributed by atoms with Crippen LogP contribution in [0.5, 0.6) is 0 Å². The molecule has 0 radical (unpaired) electrons. The second kappa shape index (κ2) is 25.1. The van der Waals surface area contributed by atoms with Crippen molar-refractivity contribution in [3.05, 3.63) is 12.2 Å². The van der Waals surface area contributed by atoms with Crippen LogP contribution in [-0.4, -0.2) is 49.3 Å². The highest BCUT2D eigenvalue weighted by atomic mass is 31.2. The fourth-order valence-electron chi connectivity index (χ4n) is 3.63. The Hall–Kier alpha value is -1.25. The highest BCUT2D eigenvalue weighted by Gasteiger charge is 2.25. The smallest absolute Gasteiger partial charge is 0.462 e. The molecule has 218 valence electrons. The second-order valence-electron chi connectivity index (χ2n) is 9.28. The highest BCUT2D eigenvalue weighted by molar-refractivity contribution is 7.47. The molecule has 37 heavy (non-hydrogen) atoms. The maximum atomic E-state index is 12.3. The first-order valence-electron chi connectivity index (χ1n) is 14.1. The third-order valence-corrected chi connectivity index (χ3v) is 6.73. The van der Waals surface area contributed by atoms with Crippen LogP contribution in [-0.2, 0) is 32.7 Å². The summed E-state index contributed by atoms with van der Waals surface area (Å²) in [6, 6.07) is 0. The van der Waals surface area contributed by atoms with Gasteiger partial charge in [0.15, 0.2) is 6.10 Å². The number of carbonyl (C=O) groups excluding carboxylic acids is 2. The Bertz CT molecular complexity index is 644. The number of nitrogens with two attached hydrogens (primary N) is 1. The Morgan fingerprint density at radius 2 is 1.41 bits per heavy atom. The van der Waals surface area contributed by atoms with Gasteiger partial charge in [0.05, 0.1) is 13.2 Å². The number of phosphoric acid groups is 1. The molecule has 0 saturated carbocycles. The van der Waals surface area contributed by atoms with Gasteiger partial charge in [0.25, 0.3) is 0 Å². The number of hydrogen-bond donors (Lipinski definition) is 2. The predicted octanol–water partition coefficient (Wildman–Crippen LogP) is 6.37. The number of allylic oxidation sites excluding steroid dienone is 2. The van der Waals surface area contributed by atoms with Gasteiger partial charge >= 0.3 is 19.8 Å². The van der Waals surface area contributed by atoms with Gasteiger partial charge in [-0.15, -0.1) is 0 Å². The van der Waals surface area contributed by atoms with E-state index < -0.39 is 32.5 Å². The summed E-state index contributed by atoms with van der Waals surface area (Å²) in [5.74, 6) is -0.853. The molecule has 0 aromatic rings. The van der Waals surface area contributed by atoms with Crippen molar-refractivity contribution in [3.8, 4) is 0 Å². The first-order chi connectivity index (χ1) is 17.8. The van der Waals surface area contributed by atoms with Crippen molar-refractivity contribution in [3.63, 3.8) is 0 Å². The zero-order valence-corrected chi connectivity index (χ0v) is 24.1. The van der Waals surface area contributed by atoms with E-state index in [0.717, 1.165) is 51.4 Å². The average molecular weight is 550 g/mol. The minimum absolute atomic E-state index is 0.0536. The minimum atomic E-state index is -4.35. The average Bonchev–Trinajstić information content (AvgIpc) is 2.87. The summed E-state index contributed by atoms with van der Waals surface area (Å²) < 4.78 is 32.2. The van der Waals surface area contributed by atoms with Crippen molar-refractivity contribution in [2.45, 2.75) is 123 Å². The molecular formula is C27H52NO8P. The third kappa shape index (κ3) is 24.8. The number of phosphoric ester groups is 1. The van der Waals surface area contributed by atoms with Crippen molar-refractivity contribution in [1.29, 1.82) is 0 Å². The molecule has 0 fully saturated rings. The van der Waals surface area contributed by atoms with Crippen molar-refractivity contribution in [2.24, 2.45) is 5.73 Å². The van der Waals surface area contributed by atoms with Crippen LogP contribution >= 0.6 is 7.82 Å². The number of hydrogen-bond acceptors (Lipinski definition) is 8. The van der Waals surface area contributed by atoms with Crippen LogP contribution in [0.4, 0.5) is 0 Å². The molecule has 0 aliphatic heterocycles. The van der Waals surface area contributed by atoms with Gasteiger partial charge in [-0.3, -0.25) is 18.6 Å². The van der Waals surface area contributed by atoms with Crippen LogP contribution in [0.3, 0.4) is 0 Å². The van der Waals surface area contributed by atoms with Gasteiger partial charge in [-0.2, -0.15) is 0 Å². The molecule has 0 saturated heterocycles. The van der Waals surface area contributed by atoms with Crippen molar-refractivity contribution >= 4 is 19.8 Å². The SMILES string of the molecule is C/C=C\CCCCCCCC(=O)O[C@H](COC(=O)CCCCCCCCCC)COP(=O)(O)OCCN. The van der Waals surface area contributed by atoms with E-state index in [0.29, 0.717) is 6.42 Å². The van der Waals surface area contributed by atoms with E-state index in [4.69, 9.17) is 24.3 Å². The quantitative estimate of drug-likeness (QED) is 0.0546. The van der Waals surface area contributed by atoms with Gasteiger partial charge in [0.2, 0.25) is 0 Å². The van der Waals surface area contributed by atoms with Gasteiger partial charge in [0, 0.05) is 19.4 Å². The molecule has 2 atom stereocenters. The lowest BCUT2D eigenvalue weighted by Gasteiger charge is -2.19. The van der Waals surface area contributed by atoms with Crippen LogP contribution in [0.25, 0.3) is 0 Å². The van der Waals surface area contributed by atoms with Crippen LogP contribution in [0.15, 0.2) is 12.2 Å². The van der Waals surface area contributed by atoms with Gasteiger partial charge in [0.1, 0.15) is 6.61 Å². The maximum absolute atomic E-state index is 12.3. The van der Waals surface area contributed by atoms with E-state index in [9.17, 15) is 19.0 Å². The molecule has 0 rings (SSSR count). The molecule has 0 aliphatic carbocycles. The second-order valence-corrected chi connectivity index (χ2v) is 10.7. The summed E-state index contributed by atoms with van der Waals surface area (Å²) in [6.45, 7) is 3.42. The molecule has 10 heteroatoms. The molecule has 0 aromatic heterocycles. The normalized spacial score (nSPS) is 13.9. The van der Waals surface area contributed by atoms with E-state index in [1.165, 1.54) is 32.1 Å². The van der Waals surface area contributed by atoms with E-state index in [-0.39, 0.29) is 32.6 Å². The lowest BCUT2D eigenvalue weighted by Crippen LogP contribution is -2.29. The number of ether oxygens (including phenoxy) is 2. The van der Waals surface area contributed by atoms with Gasteiger partial charge in [-0.1, -0.05) is 83.3 Å². The first kappa shape index (κ1) is 35.8. The van der Waals surface area contributed by atoms with E-state index in [1.54, 1.807) is 0 Å². The topological polar surface area (TPSA) is 134 Å². The van der Waals surface area contributed by atoms with Crippen LogP contribution in [0, 0.1) is 0 Å². The summed E-state index contributed by atoms with van der Waals surface area (Å²) in [7, 11) is -4.35. The number of carbonyl (C=O) groups is 2. The number of esters is 2. The van der Waals surface area contributed by atoms with E-state index in [2.05, 4.69) is 13.0 Å². The van der Waals surface area contributed by atoms with Gasteiger partial charge in [-0.05, 0) is 32.6 Å². The van der Waals surface area contributed by atoms with Crippen molar-refractivity contribution in [1.82, 2.24) is 0 Å². The van der Waals surface area contributed by atoms with Gasteiger partial charge in [-0.25, -0.2) is 4.57 Å². The molecule has 0 aromatic carbocycles. The van der Waals surface area contributed by atoms with Crippen molar-refractivity contribution < 1.29 is 37.6 Å². The Labute approximate surface area is 224 Å². The molecule has 0 spiro atoms. The summed E-state index contributed by atoms with van der Waals surface area (Å²) in [6.07, 6.45) is 18.6. The molecule has 1 unspecified atom stereocenters. The molecular weight excluding hydrogens is 497 g/mol. The maximum Gasteiger partial charge on any atom is 0.472 e. The van der Waals surface area contributed by atoms with Crippen LogP contribution < -0.4 is 5.73 Å². The van der Waals surface area contributed by atoms with Crippen molar-refractivity contribution in [2.75, 3.05) is 26.4 Å². The zero-order chi connectivity index (χ0) is 27.6. The molecule has 0 bridgehead atoms. The number of unbranched alkanes of at least 4 members (excludes halogenated alkanes) is 12. The number of rotatable bonds is 26. The molecule has 3 N–H and O–H groups in total. The third-order valence-electron chi connectivity index (χ3n) is 5.75. The fourth-order valence-corrected chi connectivity index (χ4v) is 4.40. The zero-order valence-electron chi connectivity index (χ0n) is 23.2. The monoisotopic (exact) mass is 549 g/mol. The Morgan fingerprint density at radius 1 is 0.838 bits per heavy atom. The predicted molar refractivity (Wildman–Crippen MR) is 146 cm³/mol. The Morgan fingerprint density at radius 3 is 2.00 bits per heavy atom. The lowest BCUT2D eigenvalue weighted by molar-refractivity contribution is -0.161. The first-order valence-corrected chi connectivity index (χ1v) is 15.6. The standard InChI is InChI=1S/C27H52NO8P/c1-3-5-7-9-11-13-15-17-19-26(29)33-23-25(24-35-37(31,32)34-22-21-28)36-27(30)20-18-16-14-12-10-8-6-4-2/h4,6,25H,3,5,7-24,28H2,1-2H3,(H,31,32)/b6-4-/t25-/m1/s1. The fraction of sp³-hybridized carbons (Fsp3) is 0.852. The summed E-state index contributed by atoms with van der Waals surface area (Å²) in [5, 5.41) is 0. The summed E-state index contributed by atoms with van der Waals surface area (Å²) in [4.78, 5) is 34.2. The van der Waals surface area contributed by atoms with Gasteiger partial charge < -0.3 is 20.1 Å². The molecule has 0 amide bonds. The summed E-state index contributed by atoms with van der Waals surface area (Å²) >= 11 is 0. The lowest BCUT2D eigenvalue weighted by atomic mass is 10.1. The molecule has 0 aliphatic rings. The van der Waals surface area contributed by atoms with E-state index in [1.807, 2.05) is 13.0 Å². The molecule has 0 heterocycles. The molecule has 9 nitrogen and oxygen atoms in total.